The monoisotopic (exact) mass is 428 g/mol. The number of nitrogens with zero attached hydrogens (tertiary/aromatic N) is 2. The van der Waals surface area contributed by atoms with Crippen molar-refractivity contribution in [3.05, 3.63) is 47.3 Å². The molecule has 0 aliphatic rings. The fraction of sp³-hybridized carbons (Fsp3) is 0.368. The normalized spacial score (nSPS) is 12.4. The van der Waals surface area contributed by atoms with Crippen LogP contribution in [-0.2, 0) is 4.79 Å². The SMILES string of the molecule is CC(=O)Nc1cc(C(=O)NC(C)c2ccc(OCC(F)(F)C(F)F)nc2)cc(C)n1. The summed E-state index contributed by atoms with van der Waals surface area (Å²) in [5, 5.41) is 5.24. The van der Waals surface area contributed by atoms with Crippen molar-refractivity contribution in [3.8, 4) is 5.88 Å². The lowest BCUT2D eigenvalue weighted by Crippen LogP contribution is -2.33. The average Bonchev–Trinajstić information content (AvgIpc) is 2.65. The number of carbonyl (C=O) groups excluding carboxylic acids is 2. The molecule has 0 aliphatic carbocycles. The Hall–Kier alpha value is -3.24. The minimum absolute atomic E-state index is 0.240. The van der Waals surface area contributed by atoms with Crippen LogP contribution in [0.1, 0.15) is 41.5 Å². The first kappa shape index (κ1) is 23.0. The van der Waals surface area contributed by atoms with Gasteiger partial charge in [0, 0.05) is 30.4 Å². The number of rotatable bonds is 8. The van der Waals surface area contributed by atoms with Crippen LogP contribution in [0.3, 0.4) is 0 Å². The molecule has 2 aromatic rings. The van der Waals surface area contributed by atoms with E-state index in [1.165, 1.54) is 31.3 Å². The first-order chi connectivity index (χ1) is 14.0. The summed E-state index contributed by atoms with van der Waals surface area (Å²) >= 11 is 0. The van der Waals surface area contributed by atoms with Gasteiger partial charge >= 0.3 is 12.3 Å². The number of alkyl halides is 4. The van der Waals surface area contributed by atoms with Gasteiger partial charge in [-0.2, -0.15) is 8.78 Å². The van der Waals surface area contributed by atoms with Gasteiger partial charge in [0.1, 0.15) is 5.82 Å². The van der Waals surface area contributed by atoms with Crippen molar-refractivity contribution in [2.75, 3.05) is 11.9 Å². The highest BCUT2D eigenvalue weighted by molar-refractivity contribution is 5.96. The van der Waals surface area contributed by atoms with Gasteiger partial charge in [-0.3, -0.25) is 9.59 Å². The van der Waals surface area contributed by atoms with Crippen molar-refractivity contribution < 1.29 is 31.9 Å². The summed E-state index contributed by atoms with van der Waals surface area (Å²) < 4.78 is 54.7. The molecule has 2 N–H and O–H groups in total. The van der Waals surface area contributed by atoms with E-state index in [2.05, 4.69) is 25.3 Å². The molecule has 0 fully saturated rings. The standard InChI is InChI=1S/C19H20F4N4O3/c1-10-6-14(7-15(25-10)27-12(3)28)17(29)26-11(2)13-4-5-16(24-8-13)30-9-19(22,23)18(20)21/h4-8,11,18H,9H2,1-3H3,(H,26,29)(H,25,27,28). The molecule has 30 heavy (non-hydrogen) atoms. The minimum Gasteiger partial charge on any atom is -0.471 e. The van der Waals surface area contributed by atoms with Gasteiger partial charge in [0.15, 0.2) is 6.61 Å². The van der Waals surface area contributed by atoms with Crippen LogP contribution in [0.15, 0.2) is 30.5 Å². The Morgan fingerprint density at radius 2 is 1.93 bits per heavy atom. The largest absolute Gasteiger partial charge is 0.471 e. The molecule has 0 spiro atoms. The maximum Gasteiger partial charge on any atom is 0.340 e. The molecule has 0 radical (unpaired) electrons. The summed E-state index contributed by atoms with van der Waals surface area (Å²) in [5.74, 6) is -5.05. The number of aryl methyl sites for hydroxylation is 1. The van der Waals surface area contributed by atoms with Crippen LogP contribution >= 0.6 is 0 Å². The molecule has 162 valence electrons. The van der Waals surface area contributed by atoms with Gasteiger partial charge in [-0.05, 0) is 31.5 Å². The first-order valence-corrected chi connectivity index (χ1v) is 8.80. The summed E-state index contributed by atoms with van der Waals surface area (Å²) in [5.41, 5.74) is 1.34. The number of pyridine rings is 2. The Bertz CT molecular complexity index is 907. The molecule has 0 aromatic carbocycles. The van der Waals surface area contributed by atoms with Crippen molar-refractivity contribution in [2.45, 2.75) is 39.2 Å². The van der Waals surface area contributed by atoms with E-state index in [0.29, 0.717) is 11.3 Å². The molecule has 11 heteroatoms. The second-order valence-electron chi connectivity index (χ2n) is 6.54. The van der Waals surface area contributed by atoms with Gasteiger partial charge in [0.2, 0.25) is 11.8 Å². The number of amides is 2. The molecule has 0 saturated heterocycles. The number of carbonyl (C=O) groups is 2. The minimum atomic E-state index is -4.28. The predicted molar refractivity (Wildman–Crippen MR) is 99.8 cm³/mol. The third-order valence-electron chi connectivity index (χ3n) is 3.86. The molecule has 2 amide bonds. The number of halogens is 4. The van der Waals surface area contributed by atoms with E-state index in [1.807, 2.05) is 0 Å². The van der Waals surface area contributed by atoms with Gasteiger partial charge in [0.25, 0.3) is 5.91 Å². The lowest BCUT2D eigenvalue weighted by Gasteiger charge is -2.17. The molecule has 0 saturated carbocycles. The number of ether oxygens (including phenoxy) is 1. The van der Waals surface area contributed by atoms with Gasteiger partial charge < -0.3 is 15.4 Å². The maximum atomic E-state index is 12.9. The van der Waals surface area contributed by atoms with Crippen LogP contribution in [0, 0.1) is 6.92 Å². The summed E-state index contributed by atoms with van der Waals surface area (Å²) in [7, 11) is 0. The topological polar surface area (TPSA) is 93.2 Å². The molecule has 7 nitrogen and oxygen atoms in total. The molecule has 0 bridgehead atoms. The zero-order chi connectivity index (χ0) is 22.5. The van der Waals surface area contributed by atoms with Crippen LogP contribution in [0.2, 0.25) is 0 Å². The third kappa shape index (κ3) is 6.39. The first-order valence-electron chi connectivity index (χ1n) is 8.80. The van der Waals surface area contributed by atoms with Gasteiger partial charge in [0.05, 0.1) is 6.04 Å². The Morgan fingerprint density at radius 1 is 1.23 bits per heavy atom. The van der Waals surface area contributed by atoms with Crippen LogP contribution in [-0.4, -0.2) is 40.7 Å². The molecular formula is C19H20F4N4O3. The fourth-order valence-electron chi connectivity index (χ4n) is 2.37. The van der Waals surface area contributed by atoms with Crippen LogP contribution in [0.4, 0.5) is 23.4 Å². The second kappa shape index (κ2) is 9.51. The number of nitrogens with one attached hydrogen (secondary N) is 2. The summed E-state index contributed by atoms with van der Waals surface area (Å²) in [6.45, 7) is 3.16. The summed E-state index contributed by atoms with van der Waals surface area (Å²) in [6, 6.07) is 5.17. The van der Waals surface area contributed by atoms with Crippen molar-refractivity contribution in [2.24, 2.45) is 0 Å². The molecule has 2 heterocycles. The molecule has 1 unspecified atom stereocenters. The molecule has 0 aliphatic heterocycles. The lowest BCUT2D eigenvalue weighted by molar-refractivity contribution is -0.148. The summed E-state index contributed by atoms with van der Waals surface area (Å²) in [4.78, 5) is 31.6. The van der Waals surface area contributed by atoms with E-state index in [0.717, 1.165) is 0 Å². The third-order valence-corrected chi connectivity index (χ3v) is 3.86. The maximum absolute atomic E-state index is 12.9. The van der Waals surface area contributed by atoms with Crippen molar-refractivity contribution in [1.82, 2.24) is 15.3 Å². The number of anilines is 1. The van der Waals surface area contributed by atoms with Gasteiger partial charge in [-0.25, -0.2) is 18.7 Å². The quantitative estimate of drug-likeness (QED) is 0.628. The zero-order valence-corrected chi connectivity index (χ0v) is 16.4. The van der Waals surface area contributed by atoms with Crippen molar-refractivity contribution in [1.29, 1.82) is 0 Å². The Kier molecular flexibility index (Phi) is 7.30. The Balaban J connectivity index is 2.02. The van der Waals surface area contributed by atoms with Gasteiger partial charge in [-0.1, -0.05) is 6.07 Å². The van der Waals surface area contributed by atoms with Crippen LogP contribution in [0.25, 0.3) is 0 Å². The van der Waals surface area contributed by atoms with E-state index < -0.39 is 30.9 Å². The van der Waals surface area contributed by atoms with E-state index in [-0.39, 0.29) is 23.2 Å². The van der Waals surface area contributed by atoms with Gasteiger partial charge in [-0.15, -0.1) is 0 Å². The number of hydrogen-bond donors (Lipinski definition) is 2. The number of aromatic nitrogens is 2. The molecule has 1 atom stereocenters. The predicted octanol–water partition coefficient (Wildman–Crippen LogP) is 3.51. The Morgan fingerprint density at radius 3 is 2.50 bits per heavy atom. The van der Waals surface area contributed by atoms with Crippen LogP contribution < -0.4 is 15.4 Å². The van der Waals surface area contributed by atoms with E-state index in [4.69, 9.17) is 0 Å². The van der Waals surface area contributed by atoms with Crippen LogP contribution in [0.5, 0.6) is 5.88 Å². The second-order valence-corrected chi connectivity index (χ2v) is 6.54. The van der Waals surface area contributed by atoms with Crippen molar-refractivity contribution >= 4 is 17.6 Å². The van der Waals surface area contributed by atoms with E-state index in [1.54, 1.807) is 19.9 Å². The highest BCUT2D eigenvalue weighted by atomic mass is 19.3. The summed E-state index contributed by atoms with van der Waals surface area (Å²) in [6.07, 6.45) is -2.56. The molecular weight excluding hydrogens is 408 g/mol. The zero-order valence-electron chi connectivity index (χ0n) is 16.4. The molecule has 2 rings (SSSR count). The van der Waals surface area contributed by atoms with Crippen molar-refractivity contribution in [3.63, 3.8) is 0 Å². The Labute approximate surface area is 169 Å². The highest BCUT2D eigenvalue weighted by Gasteiger charge is 2.41. The van der Waals surface area contributed by atoms with E-state index >= 15 is 0 Å². The lowest BCUT2D eigenvalue weighted by atomic mass is 10.1. The fourth-order valence-corrected chi connectivity index (χ4v) is 2.37. The smallest absolute Gasteiger partial charge is 0.340 e. The highest BCUT2D eigenvalue weighted by Crippen LogP contribution is 2.24. The number of hydrogen-bond acceptors (Lipinski definition) is 5. The average molecular weight is 428 g/mol. The van der Waals surface area contributed by atoms with E-state index in [9.17, 15) is 27.2 Å². The molecule has 2 aromatic heterocycles.